The highest BCUT2D eigenvalue weighted by molar-refractivity contribution is 7.10. The van der Waals surface area contributed by atoms with Crippen molar-refractivity contribution in [3.05, 3.63) is 39.6 Å². The summed E-state index contributed by atoms with van der Waals surface area (Å²) in [6.45, 7) is 2.05. The highest BCUT2D eigenvalue weighted by atomic mass is 35.5. The van der Waals surface area contributed by atoms with Crippen LogP contribution in [0.4, 0.5) is 0 Å². The average Bonchev–Trinajstić information content (AvgIpc) is 2.91. The molecule has 0 aliphatic rings. The maximum Gasteiger partial charge on any atom is 0.131 e. The van der Waals surface area contributed by atoms with Crippen molar-refractivity contribution < 1.29 is 14.2 Å². The van der Waals surface area contributed by atoms with Crippen molar-refractivity contribution in [3.8, 4) is 17.2 Å². The highest BCUT2D eigenvalue weighted by Crippen LogP contribution is 2.45. The lowest BCUT2D eigenvalue weighted by Crippen LogP contribution is -2.01. The molecular formula is C15H17ClO3S. The second kappa shape index (κ2) is 6.37. The van der Waals surface area contributed by atoms with E-state index in [2.05, 4.69) is 6.07 Å². The lowest BCUT2D eigenvalue weighted by Gasteiger charge is -2.18. The Hall–Kier alpha value is -1.39. The van der Waals surface area contributed by atoms with Gasteiger partial charge in [0.1, 0.15) is 22.6 Å². The summed E-state index contributed by atoms with van der Waals surface area (Å²) in [5, 5.41) is 1.72. The summed E-state index contributed by atoms with van der Waals surface area (Å²) in [6.07, 6.45) is 0. The Morgan fingerprint density at radius 2 is 1.65 bits per heavy atom. The van der Waals surface area contributed by atoms with Crippen molar-refractivity contribution in [1.29, 1.82) is 0 Å². The van der Waals surface area contributed by atoms with Crippen LogP contribution >= 0.6 is 22.9 Å². The minimum atomic E-state index is -0.314. The van der Waals surface area contributed by atoms with Crippen LogP contribution in [0.5, 0.6) is 17.2 Å². The Labute approximate surface area is 128 Å². The molecule has 1 atom stereocenters. The third kappa shape index (κ3) is 2.72. The van der Waals surface area contributed by atoms with Crippen molar-refractivity contribution in [2.75, 3.05) is 21.3 Å². The van der Waals surface area contributed by atoms with Crippen molar-refractivity contribution in [3.63, 3.8) is 0 Å². The minimum Gasteiger partial charge on any atom is -0.496 e. The van der Waals surface area contributed by atoms with Crippen LogP contribution in [0.15, 0.2) is 23.6 Å². The molecule has 1 aromatic heterocycles. The normalized spacial score (nSPS) is 12.1. The summed E-state index contributed by atoms with van der Waals surface area (Å²) in [5.41, 5.74) is 1.98. The first kappa shape index (κ1) is 15.0. The van der Waals surface area contributed by atoms with Gasteiger partial charge >= 0.3 is 0 Å². The van der Waals surface area contributed by atoms with Crippen LogP contribution in [-0.4, -0.2) is 21.3 Å². The summed E-state index contributed by atoms with van der Waals surface area (Å²) in [6, 6.07) is 5.68. The molecule has 0 saturated heterocycles. The van der Waals surface area contributed by atoms with Crippen LogP contribution in [0.3, 0.4) is 0 Å². The van der Waals surface area contributed by atoms with Gasteiger partial charge < -0.3 is 14.2 Å². The van der Waals surface area contributed by atoms with Crippen molar-refractivity contribution >= 4 is 22.9 Å². The standard InChI is InChI=1S/C15H17ClO3S/c1-9-5-6-20-15(9)14(16)13-11(18-3)7-10(17-2)8-12(13)19-4/h5-8,14H,1-4H3. The molecule has 0 aliphatic heterocycles. The first-order chi connectivity index (χ1) is 9.62. The molecule has 0 N–H and O–H groups in total. The number of aryl methyl sites for hydroxylation is 1. The molecule has 108 valence electrons. The number of hydrogen-bond donors (Lipinski definition) is 0. The van der Waals surface area contributed by atoms with E-state index in [1.165, 1.54) is 0 Å². The summed E-state index contributed by atoms with van der Waals surface area (Å²) in [5.74, 6) is 2.00. The maximum absolute atomic E-state index is 6.65. The van der Waals surface area contributed by atoms with Gasteiger partial charge in [-0.2, -0.15) is 0 Å². The molecule has 1 aromatic carbocycles. The molecule has 1 heterocycles. The number of rotatable bonds is 5. The topological polar surface area (TPSA) is 27.7 Å². The van der Waals surface area contributed by atoms with Crippen LogP contribution in [0.1, 0.15) is 21.4 Å². The van der Waals surface area contributed by atoms with E-state index in [1.807, 2.05) is 24.4 Å². The number of methoxy groups -OCH3 is 3. The lowest BCUT2D eigenvalue weighted by molar-refractivity contribution is 0.369. The average molecular weight is 313 g/mol. The molecule has 0 saturated carbocycles. The third-order valence-corrected chi connectivity index (χ3v) is 4.79. The fourth-order valence-corrected chi connectivity index (χ4v) is 3.51. The second-order valence-corrected chi connectivity index (χ2v) is 5.66. The number of alkyl halides is 1. The molecule has 0 amide bonds. The van der Waals surface area contributed by atoms with E-state index in [4.69, 9.17) is 25.8 Å². The molecule has 0 bridgehead atoms. The predicted molar refractivity (Wildman–Crippen MR) is 82.9 cm³/mol. The summed E-state index contributed by atoms with van der Waals surface area (Å²) >= 11 is 8.28. The van der Waals surface area contributed by atoms with E-state index in [0.717, 1.165) is 16.0 Å². The quantitative estimate of drug-likeness (QED) is 0.765. The molecule has 0 aliphatic carbocycles. The van der Waals surface area contributed by atoms with Gasteiger partial charge in [0, 0.05) is 17.0 Å². The molecule has 0 spiro atoms. The number of benzene rings is 1. The van der Waals surface area contributed by atoms with E-state index in [1.54, 1.807) is 32.7 Å². The van der Waals surface area contributed by atoms with E-state index in [0.29, 0.717) is 17.2 Å². The Morgan fingerprint density at radius 3 is 2.05 bits per heavy atom. The smallest absolute Gasteiger partial charge is 0.131 e. The molecule has 0 radical (unpaired) electrons. The number of thiophene rings is 1. The first-order valence-electron chi connectivity index (χ1n) is 6.10. The van der Waals surface area contributed by atoms with Gasteiger partial charge in [-0.1, -0.05) is 0 Å². The largest absolute Gasteiger partial charge is 0.496 e. The fourth-order valence-electron chi connectivity index (χ4n) is 2.06. The van der Waals surface area contributed by atoms with E-state index in [-0.39, 0.29) is 5.38 Å². The molecule has 5 heteroatoms. The number of halogens is 1. The maximum atomic E-state index is 6.65. The zero-order chi connectivity index (χ0) is 14.7. The minimum absolute atomic E-state index is 0.314. The van der Waals surface area contributed by atoms with Crippen molar-refractivity contribution in [1.82, 2.24) is 0 Å². The van der Waals surface area contributed by atoms with Gasteiger partial charge in [-0.25, -0.2) is 0 Å². The van der Waals surface area contributed by atoms with Crippen molar-refractivity contribution in [2.45, 2.75) is 12.3 Å². The molecule has 0 fully saturated rings. The zero-order valence-corrected chi connectivity index (χ0v) is 13.5. The van der Waals surface area contributed by atoms with Gasteiger partial charge in [0.2, 0.25) is 0 Å². The fraction of sp³-hybridized carbons (Fsp3) is 0.333. The summed E-state index contributed by atoms with van der Waals surface area (Å²) in [4.78, 5) is 1.09. The van der Waals surface area contributed by atoms with Crippen LogP contribution in [0.25, 0.3) is 0 Å². The Bertz CT molecular complexity index is 570. The molecule has 3 nitrogen and oxygen atoms in total. The summed E-state index contributed by atoms with van der Waals surface area (Å²) in [7, 11) is 4.83. The molecule has 1 unspecified atom stereocenters. The van der Waals surface area contributed by atoms with Crippen LogP contribution in [0.2, 0.25) is 0 Å². The number of hydrogen-bond acceptors (Lipinski definition) is 4. The third-order valence-electron chi connectivity index (χ3n) is 3.14. The van der Waals surface area contributed by atoms with Gasteiger partial charge in [0.25, 0.3) is 0 Å². The number of ether oxygens (including phenoxy) is 3. The molecule has 20 heavy (non-hydrogen) atoms. The van der Waals surface area contributed by atoms with Crippen LogP contribution in [0, 0.1) is 6.92 Å². The van der Waals surface area contributed by atoms with E-state index >= 15 is 0 Å². The SMILES string of the molecule is COc1cc(OC)c(C(Cl)c2sccc2C)c(OC)c1. The van der Waals surface area contributed by atoms with Gasteiger partial charge in [-0.15, -0.1) is 22.9 Å². The molecule has 2 aromatic rings. The lowest BCUT2D eigenvalue weighted by atomic mass is 10.1. The molecular weight excluding hydrogens is 296 g/mol. The molecule has 2 rings (SSSR count). The summed E-state index contributed by atoms with van der Waals surface area (Å²) < 4.78 is 16.1. The highest BCUT2D eigenvalue weighted by Gasteiger charge is 2.24. The Kier molecular flexibility index (Phi) is 4.78. The van der Waals surface area contributed by atoms with Gasteiger partial charge in [0.15, 0.2) is 0 Å². The van der Waals surface area contributed by atoms with Crippen molar-refractivity contribution in [2.24, 2.45) is 0 Å². The van der Waals surface area contributed by atoms with Crippen LogP contribution in [-0.2, 0) is 0 Å². The van der Waals surface area contributed by atoms with Crippen LogP contribution < -0.4 is 14.2 Å². The zero-order valence-electron chi connectivity index (χ0n) is 11.9. The Morgan fingerprint density at radius 1 is 1.05 bits per heavy atom. The van der Waals surface area contributed by atoms with E-state index in [9.17, 15) is 0 Å². The Balaban J connectivity index is 2.57. The van der Waals surface area contributed by atoms with Gasteiger partial charge in [0.05, 0.1) is 26.9 Å². The monoisotopic (exact) mass is 312 g/mol. The van der Waals surface area contributed by atoms with Gasteiger partial charge in [-0.05, 0) is 23.9 Å². The van der Waals surface area contributed by atoms with Gasteiger partial charge in [-0.3, -0.25) is 0 Å². The predicted octanol–water partition coefficient (Wildman–Crippen LogP) is 4.41. The first-order valence-corrected chi connectivity index (χ1v) is 7.42. The van der Waals surface area contributed by atoms with E-state index < -0.39 is 0 Å². The second-order valence-electron chi connectivity index (χ2n) is 4.28.